The third-order valence-corrected chi connectivity index (χ3v) is 3.56. The van der Waals surface area contributed by atoms with Crippen LogP contribution in [0.3, 0.4) is 0 Å². The van der Waals surface area contributed by atoms with Gasteiger partial charge in [-0.1, -0.05) is 37.3 Å². The second kappa shape index (κ2) is 7.09. The second-order valence-corrected chi connectivity index (χ2v) is 4.79. The molecule has 4 nitrogen and oxygen atoms in total. The molecule has 1 N–H and O–H groups in total. The first-order valence-electron chi connectivity index (χ1n) is 7.07. The summed E-state index contributed by atoms with van der Waals surface area (Å²) in [5.41, 5.74) is 1.08. The number of carbonyl (C=O) groups excluding carboxylic acids is 1. The van der Waals surface area contributed by atoms with Crippen molar-refractivity contribution in [3.05, 3.63) is 42.0 Å². The molecule has 0 aliphatic rings. The molecule has 0 spiro atoms. The van der Waals surface area contributed by atoms with Crippen molar-refractivity contribution in [3.63, 3.8) is 0 Å². The van der Waals surface area contributed by atoms with Crippen LogP contribution in [0.5, 0.6) is 5.75 Å². The first kappa shape index (κ1) is 15.3. The summed E-state index contributed by atoms with van der Waals surface area (Å²) in [5, 5.41) is 5.49. The maximum atomic E-state index is 11.6. The lowest BCUT2D eigenvalue weighted by atomic mass is 9.96. The summed E-state index contributed by atoms with van der Waals surface area (Å²) < 4.78 is 10.2. The summed E-state index contributed by atoms with van der Waals surface area (Å²) in [6.45, 7) is 2.80. The average molecular weight is 287 g/mol. The van der Waals surface area contributed by atoms with Crippen molar-refractivity contribution in [2.24, 2.45) is 0 Å². The molecule has 0 aliphatic heterocycles. The van der Waals surface area contributed by atoms with Gasteiger partial charge in [0.2, 0.25) is 0 Å². The highest BCUT2D eigenvalue weighted by Gasteiger charge is 2.18. The molecule has 112 valence electrons. The zero-order valence-corrected chi connectivity index (χ0v) is 12.7. The fourth-order valence-corrected chi connectivity index (χ4v) is 2.57. The van der Waals surface area contributed by atoms with Gasteiger partial charge in [0, 0.05) is 11.4 Å². The van der Waals surface area contributed by atoms with Gasteiger partial charge in [0.1, 0.15) is 5.75 Å². The van der Waals surface area contributed by atoms with E-state index in [1.54, 1.807) is 7.11 Å². The highest BCUT2D eigenvalue weighted by molar-refractivity contribution is 5.91. The van der Waals surface area contributed by atoms with Gasteiger partial charge in [0.15, 0.2) is 0 Å². The molecule has 2 rings (SSSR count). The van der Waals surface area contributed by atoms with Crippen molar-refractivity contribution in [1.29, 1.82) is 0 Å². The predicted molar refractivity (Wildman–Crippen MR) is 83.6 cm³/mol. The van der Waals surface area contributed by atoms with E-state index >= 15 is 0 Å². The van der Waals surface area contributed by atoms with Gasteiger partial charge in [0.25, 0.3) is 0 Å². The van der Waals surface area contributed by atoms with Crippen LogP contribution in [-0.2, 0) is 9.53 Å². The number of hydrogen-bond acceptors (Lipinski definition) is 4. The number of benzene rings is 2. The Morgan fingerprint density at radius 3 is 2.48 bits per heavy atom. The van der Waals surface area contributed by atoms with E-state index in [-0.39, 0.29) is 12.0 Å². The van der Waals surface area contributed by atoms with Crippen LogP contribution in [0.25, 0.3) is 10.8 Å². The molecular weight excluding hydrogens is 266 g/mol. The Labute approximate surface area is 125 Å². The van der Waals surface area contributed by atoms with Crippen LogP contribution in [0.4, 0.5) is 0 Å². The predicted octanol–water partition coefficient (Wildman–Crippen LogP) is 3.06. The van der Waals surface area contributed by atoms with Crippen LogP contribution in [0.15, 0.2) is 36.4 Å². The maximum Gasteiger partial charge on any atom is 0.307 e. The van der Waals surface area contributed by atoms with Gasteiger partial charge in [0.05, 0.1) is 20.6 Å². The highest BCUT2D eigenvalue weighted by atomic mass is 16.5. The first-order valence-corrected chi connectivity index (χ1v) is 7.07. The van der Waals surface area contributed by atoms with E-state index in [4.69, 9.17) is 9.47 Å². The number of methoxy groups -OCH3 is 2. The van der Waals surface area contributed by atoms with E-state index in [1.165, 1.54) is 7.11 Å². The van der Waals surface area contributed by atoms with Crippen molar-refractivity contribution in [2.45, 2.75) is 19.4 Å². The lowest BCUT2D eigenvalue weighted by molar-refractivity contribution is -0.141. The van der Waals surface area contributed by atoms with Gasteiger partial charge >= 0.3 is 5.97 Å². The molecule has 0 aliphatic carbocycles. The summed E-state index contributed by atoms with van der Waals surface area (Å²) in [6, 6.07) is 11.9. The molecule has 0 saturated heterocycles. The molecule has 4 heteroatoms. The molecule has 21 heavy (non-hydrogen) atoms. The molecule has 0 heterocycles. The van der Waals surface area contributed by atoms with Gasteiger partial charge in [-0.15, -0.1) is 0 Å². The van der Waals surface area contributed by atoms with Gasteiger partial charge in [-0.2, -0.15) is 0 Å². The standard InChI is InChI=1S/C17H21NO3/c1-4-18-15(11-17(19)21-3)13-9-10-16(20-2)14-8-6-5-7-12(13)14/h5-10,15,18H,4,11H2,1-3H3. The second-order valence-electron chi connectivity index (χ2n) is 4.79. The smallest absolute Gasteiger partial charge is 0.307 e. The summed E-state index contributed by atoms with van der Waals surface area (Å²) in [4.78, 5) is 11.6. The third kappa shape index (κ3) is 3.34. The molecule has 0 fully saturated rings. The molecule has 0 bridgehead atoms. The van der Waals surface area contributed by atoms with E-state index in [1.807, 2.05) is 37.3 Å². The molecule has 2 aromatic rings. The van der Waals surface area contributed by atoms with E-state index in [0.29, 0.717) is 6.42 Å². The molecule has 0 radical (unpaired) electrons. The Balaban J connectivity index is 2.50. The zero-order chi connectivity index (χ0) is 15.2. The fraction of sp³-hybridized carbons (Fsp3) is 0.353. The van der Waals surface area contributed by atoms with Crippen LogP contribution >= 0.6 is 0 Å². The number of rotatable bonds is 6. The molecule has 2 aromatic carbocycles. The lowest BCUT2D eigenvalue weighted by Gasteiger charge is -2.20. The van der Waals surface area contributed by atoms with Crippen LogP contribution < -0.4 is 10.1 Å². The average Bonchev–Trinajstić information content (AvgIpc) is 2.53. The summed E-state index contributed by atoms with van der Waals surface area (Å²) in [5.74, 6) is 0.614. The van der Waals surface area contributed by atoms with Crippen LogP contribution in [0, 0.1) is 0 Å². The molecule has 0 saturated carbocycles. The zero-order valence-electron chi connectivity index (χ0n) is 12.7. The summed E-state index contributed by atoms with van der Waals surface area (Å²) in [7, 11) is 3.08. The highest BCUT2D eigenvalue weighted by Crippen LogP contribution is 2.32. The van der Waals surface area contributed by atoms with Crippen molar-refractivity contribution < 1.29 is 14.3 Å². The van der Waals surface area contributed by atoms with E-state index < -0.39 is 0 Å². The monoisotopic (exact) mass is 287 g/mol. The summed E-state index contributed by atoms with van der Waals surface area (Å²) in [6.07, 6.45) is 0.306. The molecule has 1 atom stereocenters. The Morgan fingerprint density at radius 1 is 1.14 bits per heavy atom. The largest absolute Gasteiger partial charge is 0.496 e. The number of nitrogens with one attached hydrogen (secondary N) is 1. The van der Waals surface area contributed by atoms with Crippen LogP contribution in [0.1, 0.15) is 24.9 Å². The van der Waals surface area contributed by atoms with Crippen molar-refractivity contribution in [2.75, 3.05) is 20.8 Å². The van der Waals surface area contributed by atoms with Crippen molar-refractivity contribution in [1.82, 2.24) is 5.32 Å². The van der Waals surface area contributed by atoms with Gasteiger partial charge < -0.3 is 14.8 Å². The Hall–Kier alpha value is -2.07. The number of fused-ring (bicyclic) bond motifs is 1. The number of ether oxygens (including phenoxy) is 2. The van der Waals surface area contributed by atoms with E-state index in [9.17, 15) is 4.79 Å². The van der Waals surface area contributed by atoms with E-state index in [0.717, 1.165) is 28.6 Å². The third-order valence-electron chi connectivity index (χ3n) is 3.56. The quantitative estimate of drug-likeness (QED) is 0.830. The van der Waals surface area contributed by atoms with E-state index in [2.05, 4.69) is 11.4 Å². The van der Waals surface area contributed by atoms with Crippen molar-refractivity contribution >= 4 is 16.7 Å². The number of esters is 1. The van der Waals surface area contributed by atoms with Gasteiger partial charge in [-0.25, -0.2) is 0 Å². The number of hydrogen-bond donors (Lipinski definition) is 1. The van der Waals surface area contributed by atoms with Crippen molar-refractivity contribution in [3.8, 4) is 5.75 Å². The van der Waals surface area contributed by atoms with Gasteiger partial charge in [-0.05, 0) is 23.6 Å². The molecule has 1 unspecified atom stereocenters. The maximum absolute atomic E-state index is 11.6. The summed E-state index contributed by atoms with van der Waals surface area (Å²) >= 11 is 0. The molecular formula is C17H21NO3. The normalized spacial score (nSPS) is 12.1. The minimum Gasteiger partial charge on any atom is -0.496 e. The lowest BCUT2D eigenvalue weighted by Crippen LogP contribution is -2.24. The Kier molecular flexibility index (Phi) is 5.17. The van der Waals surface area contributed by atoms with Crippen LogP contribution in [0.2, 0.25) is 0 Å². The fourth-order valence-electron chi connectivity index (χ4n) is 2.57. The van der Waals surface area contributed by atoms with Gasteiger partial charge in [-0.3, -0.25) is 4.79 Å². The minimum atomic E-state index is -0.221. The SMILES string of the molecule is CCNC(CC(=O)OC)c1ccc(OC)c2ccccc12. The number of carbonyl (C=O) groups is 1. The first-order chi connectivity index (χ1) is 10.2. The Bertz CT molecular complexity index is 624. The molecule has 0 amide bonds. The molecule has 0 aromatic heterocycles. The van der Waals surface area contributed by atoms with Crippen LogP contribution in [-0.4, -0.2) is 26.7 Å². The Morgan fingerprint density at radius 2 is 1.86 bits per heavy atom. The topological polar surface area (TPSA) is 47.6 Å². The minimum absolute atomic E-state index is 0.0711.